The Morgan fingerprint density at radius 3 is 1.53 bits per heavy atom. The molecule has 0 aromatic rings. The molecule has 2 heteroatoms. The first kappa shape index (κ1) is 13.1. The van der Waals surface area contributed by atoms with Crippen LogP contribution < -0.4 is 5.73 Å². The Labute approximate surface area is 96.6 Å². The molecule has 0 spiro atoms. The fraction of sp³-hybridized carbons (Fsp3) is 1.00. The van der Waals surface area contributed by atoms with Crippen molar-refractivity contribution in [1.29, 1.82) is 0 Å². The highest BCUT2D eigenvalue weighted by Gasteiger charge is 2.27. The van der Waals surface area contributed by atoms with Crippen molar-refractivity contribution in [1.82, 2.24) is 0 Å². The van der Waals surface area contributed by atoms with Crippen molar-refractivity contribution >= 4 is 7.85 Å². The summed E-state index contributed by atoms with van der Waals surface area (Å²) in [5.41, 5.74) is 6.03. The summed E-state index contributed by atoms with van der Waals surface area (Å²) in [6.07, 6.45) is 13.0. The minimum atomic E-state index is -0.0929. The summed E-state index contributed by atoms with van der Waals surface area (Å²) in [7, 11) is 6.42. The first-order valence-electron chi connectivity index (χ1n) is 6.70. The lowest BCUT2D eigenvalue weighted by molar-refractivity contribution is 0.383. The van der Waals surface area contributed by atoms with Gasteiger partial charge in [0.15, 0.2) is 0 Å². The summed E-state index contributed by atoms with van der Waals surface area (Å²) in [5, 5.41) is -0.0929. The Morgan fingerprint density at radius 1 is 0.867 bits per heavy atom. The van der Waals surface area contributed by atoms with E-state index >= 15 is 0 Å². The van der Waals surface area contributed by atoms with Crippen molar-refractivity contribution < 1.29 is 0 Å². The molecule has 0 aromatic heterocycles. The summed E-state index contributed by atoms with van der Waals surface area (Å²) in [4.78, 5) is 0. The lowest BCUT2D eigenvalue weighted by Crippen LogP contribution is -2.34. The van der Waals surface area contributed by atoms with Crippen molar-refractivity contribution in [2.75, 3.05) is 0 Å². The van der Waals surface area contributed by atoms with Gasteiger partial charge in [0.2, 0.25) is 0 Å². The molecule has 2 N–H and O–H groups in total. The van der Waals surface area contributed by atoms with E-state index in [9.17, 15) is 0 Å². The van der Waals surface area contributed by atoms with Gasteiger partial charge in [-0.15, -0.1) is 0 Å². The zero-order valence-corrected chi connectivity index (χ0v) is 10.3. The van der Waals surface area contributed by atoms with Crippen LogP contribution in [0.3, 0.4) is 0 Å². The second-order valence-corrected chi connectivity index (χ2v) is 5.35. The van der Waals surface area contributed by atoms with Gasteiger partial charge in [-0.25, -0.2) is 0 Å². The van der Waals surface area contributed by atoms with Gasteiger partial charge in [0.25, 0.3) is 0 Å². The minimum absolute atomic E-state index is 0.0929. The van der Waals surface area contributed by atoms with Crippen LogP contribution in [0.25, 0.3) is 0 Å². The van der Waals surface area contributed by atoms with Gasteiger partial charge in [-0.1, -0.05) is 76.4 Å². The topological polar surface area (TPSA) is 26.0 Å². The van der Waals surface area contributed by atoms with E-state index in [1.807, 2.05) is 0 Å². The first-order chi connectivity index (χ1) is 7.15. The van der Waals surface area contributed by atoms with Crippen LogP contribution in [0.4, 0.5) is 0 Å². The molecular weight excluding hydrogens is 181 g/mol. The van der Waals surface area contributed by atoms with Crippen LogP contribution in [0.2, 0.25) is 5.31 Å². The highest BCUT2D eigenvalue weighted by Crippen LogP contribution is 2.38. The van der Waals surface area contributed by atoms with Gasteiger partial charge in [-0.3, -0.25) is 0 Å². The van der Waals surface area contributed by atoms with E-state index < -0.39 is 0 Å². The maximum absolute atomic E-state index is 6.42. The van der Waals surface area contributed by atoms with E-state index in [4.69, 9.17) is 13.6 Å². The minimum Gasteiger partial charge on any atom is -0.328 e. The van der Waals surface area contributed by atoms with Crippen molar-refractivity contribution in [3.63, 3.8) is 0 Å². The van der Waals surface area contributed by atoms with Crippen LogP contribution in [0.15, 0.2) is 0 Å². The van der Waals surface area contributed by atoms with Crippen LogP contribution in [0.1, 0.15) is 71.1 Å². The van der Waals surface area contributed by atoms with Crippen LogP contribution in [-0.4, -0.2) is 13.9 Å². The quantitative estimate of drug-likeness (QED) is 0.653. The molecule has 2 radical (unpaired) electrons. The van der Waals surface area contributed by atoms with Gasteiger partial charge in [0.05, 0.1) is 7.85 Å². The molecule has 1 nitrogen and oxygen atoms in total. The fourth-order valence-electron chi connectivity index (χ4n) is 2.55. The second kappa shape index (κ2) is 6.57. The summed E-state index contributed by atoms with van der Waals surface area (Å²) in [6, 6.07) is 0.137. The molecule has 0 bridgehead atoms. The van der Waals surface area contributed by atoms with Gasteiger partial charge in [0.1, 0.15) is 0 Å². The van der Waals surface area contributed by atoms with Crippen LogP contribution in [0.5, 0.6) is 0 Å². The van der Waals surface area contributed by atoms with E-state index in [-0.39, 0.29) is 11.4 Å². The summed E-state index contributed by atoms with van der Waals surface area (Å²) >= 11 is 0. The molecule has 1 rings (SSSR count). The number of rotatable bonds is 1. The van der Waals surface area contributed by atoms with Crippen LogP contribution in [-0.2, 0) is 0 Å². The summed E-state index contributed by atoms with van der Waals surface area (Å²) < 4.78 is 0. The van der Waals surface area contributed by atoms with Crippen LogP contribution >= 0.6 is 0 Å². The molecule has 1 aliphatic carbocycles. The average Bonchev–Trinajstić information content (AvgIpc) is 2.24. The van der Waals surface area contributed by atoms with E-state index in [1.54, 1.807) is 0 Å². The largest absolute Gasteiger partial charge is 0.328 e. The lowest BCUT2D eigenvalue weighted by atomic mass is 9.59. The first-order valence-corrected chi connectivity index (χ1v) is 6.70. The molecule has 0 amide bonds. The predicted octanol–water partition coefficient (Wildman–Crippen LogP) is 3.58. The third-order valence-corrected chi connectivity index (χ3v) is 3.94. The molecule has 15 heavy (non-hydrogen) atoms. The highest BCUT2D eigenvalue weighted by atomic mass is 14.6. The fourth-order valence-corrected chi connectivity index (χ4v) is 2.55. The number of nitrogens with two attached hydrogens (primary N) is 1. The molecule has 1 aliphatic rings. The maximum atomic E-state index is 6.42. The Balaban J connectivity index is 2.45. The molecule has 0 aliphatic heterocycles. The van der Waals surface area contributed by atoms with Crippen LogP contribution in [0, 0.1) is 0 Å². The Morgan fingerprint density at radius 2 is 1.20 bits per heavy atom. The van der Waals surface area contributed by atoms with Gasteiger partial charge < -0.3 is 5.73 Å². The van der Waals surface area contributed by atoms with Crippen molar-refractivity contribution in [2.45, 2.75) is 82.5 Å². The summed E-state index contributed by atoms with van der Waals surface area (Å²) in [5.74, 6) is 0. The van der Waals surface area contributed by atoms with Crippen molar-refractivity contribution in [3.05, 3.63) is 0 Å². The van der Waals surface area contributed by atoms with Gasteiger partial charge in [0, 0.05) is 0 Å². The molecule has 0 saturated heterocycles. The zero-order valence-electron chi connectivity index (χ0n) is 10.3. The van der Waals surface area contributed by atoms with Gasteiger partial charge in [-0.05, 0) is 6.04 Å². The number of hydrogen-bond donors (Lipinski definition) is 1. The van der Waals surface area contributed by atoms with Gasteiger partial charge >= 0.3 is 0 Å². The van der Waals surface area contributed by atoms with E-state index in [0.717, 1.165) is 12.8 Å². The zero-order chi connectivity index (χ0) is 11.1. The van der Waals surface area contributed by atoms with E-state index in [0.29, 0.717) is 0 Å². The molecule has 86 valence electrons. The Kier molecular flexibility index (Phi) is 5.74. The average molecular weight is 207 g/mol. The number of hydrogen-bond acceptors (Lipinski definition) is 1. The molecule has 0 aromatic carbocycles. The maximum Gasteiger partial charge on any atom is 0.0767 e. The van der Waals surface area contributed by atoms with E-state index in [1.165, 1.54) is 51.4 Å². The second-order valence-electron chi connectivity index (χ2n) is 5.35. The normalized spacial score (nSPS) is 26.5. The third-order valence-electron chi connectivity index (χ3n) is 3.94. The van der Waals surface area contributed by atoms with Crippen molar-refractivity contribution in [2.24, 2.45) is 5.73 Å². The summed E-state index contributed by atoms with van der Waals surface area (Å²) in [6.45, 7) is 2.07. The molecule has 1 fully saturated rings. The Hall–Kier alpha value is 0.0249. The highest BCUT2D eigenvalue weighted by molar-refractivity contribution is 6.15. The molecule has 0 heterocycles. The lowest BCUT2D eigenvalue weighted by Gasteiger charge is -2.34. The molecule has 1 saturated carbocycles. The standard InChI is InChI=1S/C13H26BN/c1-12(15)13(14)10-8-6-4-2-3-5-7-9-11-13/h12H,2-11,15H2,1H3. The molecule has 1 atom stereocenters. The van der Waals surface area contributed by atoms with E-state index in [2.05, 4.69) is 6.92 Å². The Bertz CT molecular complexity index is 156. The van der Waals surface area contributed by atoms with Gasteiger partial charge in [-0.2, -0.15) is 0 Å². The predicted molar refractivity (Wildman–Crippen MR) is 68.3 cm³/mol. The smallest absolute Gasteiger partial charge is 0.0767 e. The molecule has 1 unspecified atom stereocenters. The SMILES string of the molecule is [B]C1(C(C)N)CCCCCCCCCC1. The van der Waals surface area contributed by atoms with Crippen molar-refractivity contribution in [3.8, 4) is 0 Å². The monoisotopic (exact) mass is 207 g/mol. The molecular formula is C13H26BN. The third kappa shape index (κ3) is 4.59.